The predicted molar refractivity (Wildman–Crippen MR) is 109 cm³/mol. The number of rotatable bonds is 8. The van der Waals surface area contributed by atoms with E-state index in [-0.39, 0.29) is 0 Å². The van der Waals surface area contributed by atoms with Crippen molar-refractivity contribution < 1.29 is 12.3 Å². The van der Waals surface area contributed by atoms with Gasteiger partial charge in [0.25, 0.3) is 7.63 Å². The normalized spacial score (nSPS) is 16.0. The van der Waals surface area contributed by atoms with Crippen LogP contribution in [0.3, 0.4) is 0 Å². The molecule has 9 heteroatoms. The van der Waals surface area contributed by atoms with Gasteiger partial charge >= 0.3 is 24.7 Å². The van der Waals surface area contributed by atoms with Crippen molar-refractivity contribution in [2.75, 3.05) is 0 Å². The van der Waals surface area contributed by atoms with Gasteiger partial charge in [0, 0.05) is 0 Å². The van der Waals surface area contributed by atoms with Gasteiger partial charge in [-0.05, 0) is 44.5 Å². The van der Waals surface area contributed by atoms with Gasteiger partial charge in [-0.3, -0.25) is 0 Å². The molecule has 0 aliphatic carbocycles. The second kappa shape index (κ2) is 7.67. The predicted octanol–water partition coefficient (Wildman–Crippen LogP) is 4.69. The average Bonchev–Trinajstić information content (AvgIpc) is 2.34. The van der Waals surface area contributed by atoms with E-state index in [2.05, 4.69) is 6.58 Å². The topological polar surface area (TPSA) is 27.7 Å². The molecule has 1 rings (SSSR count). The maximum absolute atomic E-state index is 6.81. The molecular formula is C14H26Cl2O3Si4. The summed E-state index contributed by atoms with van der Waals surface area (Å²) < 4.78 is 18.7. The highest BCUT2D eigenvalue weighted by molar-refractivity contribution is 7.28. The highest BCUT2D eigenvalue weighted by Gasteiger charge is 2.45. The van der Waals surface area contributed by atoms with Crippen molar-refractivity contribution >= 4 is 59.7 Å². The molecule has 0 bridgehead atoms. The third-order valence-corrected chi connectivity index (χ3v) is 18.0. The minimum atomic E-state index is -2.78. The van der Waals surface area contributed by atoms with Gasteiger partial charge in [-0.2, -0.15) is 0 Å². The molecule has 0 N–H and O–H groups in total. The van der Waals surface area contributed by atoms with E-state index in [4.69, 9.17) is 34.5 Å². The Kier molecular flexibility index (Phi) is 7.11. The van der Waals surface area contributed by atoms with E-state index in [0.717, 1.165) is 5.19 Å². The molecule has 0 saturated carbocycles. The summed E-state index contributed by atoms with van der Waals surface area (Å²) in [7, 11) is -9.88. The molecule has 0 aromatic heterocycles. The standard InChI is InChI=1S/C14H26Cl2O3Si4/c1-8-23(16,14-12-10-9-11-13-14)19-22(6,7)18-21(4,5)17-20(2,3)15/h8-13H,1H2,2-7H3. The summed E-state index contributed by atoms with van der Waals surface area (Å²) in [5.41, 5.74) is 1.73. The Morgan fingerprint density at radius 3 is 1.74 bits per heavy atom. The van der Waals surface area contributed by atoms with E-state index in [1.807, 2.05) is 69.6 Å². The van der Waals surface area contributed by atoms with Crippen LogP contribution in [0.2, 0.25) is 39.3 Å². The van der Waals surface area contributed by atoms with Crippen LogP contribution in [0, 0.1) is 0 Å². The first-order chi connectivity index (χ1) is 10.3. The second-order valence-corrected chi connectivity index (χ2v) is 24.2. The van der Waals surface area contributed by atoms with Crippen molar-refractivity contribution in [3.63, 3.8) is 0 Å². The summed E-state index contributed by atoms with van der Waals surface area (Å²) >= 11 is 13.1. The number of benzene rings is 1. The Balaban J connectivity index is 2.93. The maximum Gasteiger partial charge on any atom is 0.338 e. The molecule has 0 radical (unpaired) electrons. The van der Waals surface area contributed by atoms with Gasteiger partial charge in [-0.15, -0.1) is 28.7 Å². The summed E-state index contributed by atoms with van der Waals surface area (Å²) in [6.07, 6.45) is 0. The van der Waals surface area contributed by atoms with Crippen LogP contribution in [0.25, 0.3) is 0 Å². The van der Waals surface area contributed by atoms with Crippen LogP contribution in [-0.4, -0.2) is 32.4 Å². The van der Waals surface area contributed by atoms with E-state index in [1.165, 1.54) is 0 Å². The molecule has 1 unspecified atom stereocenters. The zero-order valence-corrected chi connectivity index (χ0v) is 20.2. The van der Waals surface area contributed by atoms with E-state index < -0.39 is 32.4 Å². The molecule has 1 atom stereocenters. The molecule has 0 amide bonds. The fourth-order valence-corrected chi connectivity index (χ4v) is 21.2. The molecule has 130 valence electrons. The summed E-state index contributed by atoms with van der Waals surface area (Å²) in [4.78, 5) is 0. The van der Waals surface area contributed by atoms with Gasteiger partial charge < -0.3 is 12.3 Å². The van der Waals surface area contributed by atoms with Crippen LogP contribution in [0.1, 0.15) is 0 Å². The largest absolute Gasteiger partial charge is 0.425 e. The first-order valence-electron chi connectivity index (χ1n) is 7.46. The summed E-state index contributed by atoms with van der Waals surface area (Å²) in [5.74, 6) is 0. The molecule has 1 aromatic carbocycles. The van der Waals surface area contributed by atoms with E-state index in [0.29, 0.717) is 0 Å². The van der Waals surface area contributed by atoms with E-state index in [9.17, 15) is 0 Å². The smallest absolute Gasteiger partial charge is 0.338 e. The van der Waals surface area contributed by atoms with Crippen LogP contribution in [0.4, 0.5) is 0 Å². The zero-order valence-electron chi connectivity index (χ0n) is 14.7. The highest BCUT2D eigenvalue weighted by Crippen LogP contribution is 2.26. The van der Waals surface area contributed by atoms with Crippen molar-refractivity contribution in [3.8, 4) is 0 Å². The molecule has 0 saturated heterocycles. The third-order valence-electron chi connectivity index (χ3n) is 2.80. The monoisotopic (exact) mass is 424 g/mol. The molecule has 0 heterocycles. The Labute approximate surface area is 153 Å². The maximum atomic E-state index is 6.81. The van der Waals surface area contributed by atoms with Gasteiger partial charge in [0.1, 0.15) is 0 Å². The molecule has 23 heavy (non-hydrogen) atoms. The van der Waals surface area contributed by atoms with Crippen molar-refractivity contribution in [1.29, 1.82) is 0 Å². The molecule has 1 aromatic rings. The first-order valence-corrected chi connectivity index (χ1v) is 20.0. The fourth-order valence-electron chi connectivity index (χ4n) is 2.46. The lowest BCUT2D eigenvalue weighted by atomic mass is 10.4. The molecule has 0 aliphatic rings. The molecule has 0 aliphatic heterocycles. The summed E-state index contributed by atoms with van der Waals surface area (Å²) in [6.45, 7) is 15.7. The van der Waals surface area contributed by atoms with E-state index in [1.54, 1.807) is 5.70 Å². The van der Waals surface area contributed by atoms with Crippen LogP contribution < -0.4 is 5.19 Å². The lowest BCUT2D eigenvalue weighted by Gasteiger charge is -2.39. The first kappa shape index (κ1) is 21.3. The van der Waals surface area contributed by atoms with Gasteiger partial charge in [0.05, 0.1) is 0 Å². The zero-order chi connectivity index (χ0) is 17.9. The lowest BCUT2D eigenvalue weighted by Crippen LogP contribution is -2.58. The molecule has 0 fully saturated rings. The fraction of sp³-hybridized carbons (Fsp3) is 0.429. The quantitative estimate of drug-likeness (QED) is 0.447. The van der Waals surface area contributed by atoms with Gasteiger partial charge in [0.15, 0.2) is 0 Å². The molecular weight excluding hydrogens is 399 g/mol. The number of halogens is 2. The lowest BCUT2D eigenvalue weighted by molar-refractivity contribution is 0.338. The summed E-state index contributed by atoms with van der Waals surface area (Å²) in [6, 6.07) is 9.79. The number of hydrogen-bond donors (Lipinski definition) is 0. The van der Waals surface area contributed by atoms with Gasteiger partial charge in [-0.1, -0.05) is 36.0 Å². The third kappa shape index (κ3) is 7.37. The molecule has 0 spiro atoms. The van der Waals surface area contributed by atoms with Crippen molar-refractivity contribution in [3.05, 3.63) is 42.6 Å². The van der Waals surface area contributed by atoms with Crippen molar-refractivity contribution in [1.82, 2.24) is 0 Å². The molecule has 3 nitrogen and oxygen atoms in total. The average molecular weight is 426 g/mol. The minimum absolute atomic E-state index is 0.966. The van der Waals surface area contributed by atoms with Crippen LogP contribution in [0.5, 0.6) is 0 Å². The second-order valence-electron chi connectivity index (χ2n) is 6.68. The van der Waals surface area contributed by atoms with E-state index >= 15 is 0 Å². The highest BCUT2D eigenvalue weighted by atomic mass is 35.6. The summed E-state index contributed by atoms with van der Waals surface area (Å²) in [5, 5.41) is 0.966. The van der Waals surface area contributed by atoms with Crippen molar-refractivity contribution in [2.24, 2.45) is 0 Å². The van der Waals surface area contributed by atoms with Crippen LogP contribution in [0.15, 0.2) is 42.6 Å². The Morgan fingerprint density at radius 1 is 0.826 bits per heavy atom. The van der Waals surface area contributed by atoms with Crippen LogP contribution >= 0.6 is 22.2 Å². The minimum Gasteiger partial charge on any atom is -0.425 e. The Morgan fingerprint density at radius 2 is 1.30 bits per heavy atom. The Hall–Kier alpha value is 0.288. The van der Waals surface area contributed by atoms with Crippen molar-refractivity contribution in [2.45, 2.75) is 39.3 Å². The van der Waals surface area contributed by atoms with Crippen LogP contribution in [-0.2, 0) is 12.3 Å². The van der Waals surface area contributed by atoms with Gasteiger partial charge in [0.2, 0.25) is 0 Å². The van der Waals surface area contributed by atoms with Gasteiger partial charge in [-0.25, -0.2) is 0 Å². The SMILES string of the molecule is C=C[Si](Cl)(O[Si](C)(C)O[Si](C)(C)O[Si](C)(C)Cl)c1ccccc1. The number of hydrogen-bond acceptors (Lipinski definition) is 3. The Bertz CT molecular complexity index is 535.